The minimum absolute atomic E-state index is 0.108. The Kier molecular flexibility index (Phi) is 8.68. The first-order valence-electron chi connectivity index (χ1n) is 10.6. The lowest BCUT2D eigenvalue weighted by molar-refractivity contribution is -0.139. The summed E-state index contributed by atoms with van der Waals surface area (Å²) in [6.07, 6.45) is -0.00675. The minimum Gasteiger partial charge on any atom is -0.482 e. The second-order valence-electron chi connectivity index (χ2n) is 7.78. The average molecular weight is 504 g/mol. The summed E-state index contributed by atoms with van der Waals surface area (Å²) in [6.45, 7) is 2.15. The van der Waals surface area contributed by atoms with Crippen LogP contribution in [0.1, 0.15) is 22.8 Å². The van der Waals surface area contributed by atoms with E-state index >= 15 is 0 Å². The Bertz CT molecular complexity index is 1240. The number of halogens is 1. The van der Waals surface area contributed by atoms with Crippen LogP contribution in [-0.2, 0) is 21.1 Å². The fraction of sp³-hybridized carbons (Fsp3) is 0.240. The van der Waals surface area contributed by atoms with E-state index in [2.05, 4.69) is 5.32 Å². The lowest BCUT2D eigenvalue weighted by Gasteiger charge is -2.13. The Morgan fingerprint density at radius 2 is 1.76 bits per heavy atom. The Labute approximate surface area is 203 Å². The summed E-state index contributed by atoms with van der Waals surface area (Å²) in [4.78, 5) is 10.9. The van der Waals surface area contributed by atoms with Crippen LogP contribution in [-0.4, -0.2) is 44.3 Å². The summed E-state index contributed by atoms with van der Waals surface area (Å²) >= 11 is 5.95. The van der Waals surface area contributed by atoms with E-state index in [0.717, 1.165) is 11.1 Å². The van der Waals surface area contributed by atoms with Crippen LogP contribution in [0, 0.1) is 6.92 Å². The van der Waals surface area contributed by atoms with Crippen LogP contribution in [0.5, 0.6) is 5.75 Å². The summed E-state index contributed by atoms with van der Waals surface area (Å²) in [5.74, 6) is -0.784. The van der Waals surface area contributed by atoms with E-state index in [-0.39, 0.29) is 9.79 Å². The first kappa shape index (κ1) is 25.7. The third-order valence-electron chi connectivity index (χ3n) is 5.20. The zero-order chi connectivity index (χ0) is 24.7. The van der Waals surface area contributed by atoms with Crippen molar-refractivity contribution in [2.75, 3.05) is 19.7 Å². The van der Waals surface area contributed by atoms with E-state index in [1.165, 1.54) is 18.2 Å². The Morgan fingerprint density at radius 1 is 1.06 bits per heavy atom. The van der Waals surface area contributed by atoms with Crippen molar-refractivity contribution in [3.8, 4) is 5.75 Å². The molecule has 7 nitrogen and oxygen atoms in total. The number of aliphatic carboxylic acids is 1. The quantitative estimate of drug-likeness (QED) is 0.341. The molecule has 0 saturated heterocycles. The summed E-state index contributed by atoms with van der Waals surface area (Å²) in [6, 6.07) is 18.1. The van der Waals surface area contributed by atoms with E-state index in [9.17, 15) is 18.3 Å². The normalized spacial score (nSPS) is 12.3. The topological polar surface area (TPSA) is 113 Å². The van der Waals surface area contributed by atoms with Crippen molar-refractivity contribution in [1.29, 1.82) is 0 Å². The molecule has 3 rings (SSSR count). The number of benzene rings is 3. The number of hydrogen-bond acceptors (Lipinski definition) is 6. The largest absolute Gasteiger partial charge is 0.482 e. The molecule has 34 heavy (non-hydrogen) atoms. The molecule has 1 atom stereocenters. The van der Waals surface area contributed by atoms with Gasteiger partial charge in [-0.3, -0.25) is 0 Å². The molecule has 0 aliphatic rings. The van der Waals surface area contributed by atoms with Gasteiger partial charge in [0.1, 0.15) is 5.75 Å². The second-order valence-corrected chi connectivity index (χ2v) is 10.2. The zero-order valence-corrected chi connectivity index (χ0v) is 20.1. The average Bonchev–Trinajstić information content (AvgIpc) is 2.81. The van der Waals surface area contributed by atoms with Crippen LogP contribution in [0.15, 0.2) is 76.5 Å². The van der Waals surface area contributed by atoms with Crippen LogP contribution < -0.4 is 10.1 Å². The predicted octanol–water partition coefficient (Wildman–Crippen LogP) is 3.81. The SMILES string of the molecule is Cc1cc(S(=O)(=O)c2ccc(CCNC[C@@H](O)c3cccc(Cl)c3)cc2)ccc1OCC(=O)O. The van der Waals surface area contributed by atoms with Crippen LogP contribution in [0.3, 0.4) is 0 Å². The van der Waals surface area contributed by atoms with Gasteiger partial charge in [-0.1, -0.05) is 35.9 Å². The van der Waals surface area contributed by atoms with Gasteiger partial charge in [0, 0.05) is 11.6 Å². The number of sulfone groups is 1. The van der Waals surface area contributed by atoms with Gasteiger partial charge in [-0.2, -0.15) is 0 Å². The first-order chi connectivity index (χ1) is 16.2. The number of aliphatic hydroxyl groups is 1. The van der Waals surface area contributed by atoms with Crippen LogP contribution in [0.25, 0.3) is 0 Å². The number of carboxylic acids is 1. The zero-order valence-electron chi connectivity index (χ0n) is 18.6. The van der Waals surface area contributed by atoms with Crippen molar-refractivity contribution < 1.29 is 28.2 Å². The number of aryl methyl sites for hydroxylation is 1. The number of rotatable bonds is 11. The molecule has 0 spiro atoms. The lowest BCUT2D eigenvalue weighted by Crippen LogP contribution is -2.23. The van der Waals surface area contributed by atoms with Gasteiger partial charge in [-0.25, -0.2) is 13.2 Å². The predicted molar refractivity (Wildman–Crippen MR) is 129 cm³/mol. The highest BCUT2D eigenvalue weighted by atomic mass is 35.5. The van der Waals surface area contributed by atoms with Crippen LogP contribution in [0.2, 0.25) is 5.02 Å². The Balaban J connectivity index is 1.57. The molecule has 0 radical (unpaired) electrons. The number of hydrogen-bond donors (Lipinski definition) is 3. The fourth-order valence-corrected chi connectivity index (χ4v) is 4.91. The summed E-state index contributed by atoms with van der Waals surface area (Å²) < 4.78 is 31.1. The van der Waals surface area contributed by atoms with Crippen molar-refractivity contribution in [2.45, 2.75) is 29.2 Å². The third kappa shape index (κ3) is 6.80. The van der Waals surface area contributed by atoms with Gasteiger partial charge in [0.25, 0.3) is 0 Å². The molecule has 3 aromatic carbocycles. The molecule has 0 heterocycles. The first-order valence-corrected chi connectivity index (χ1v) is 12.5. The molecule has 3 aromatic rings. The van der Waals surface area contributed by atoms with Gasteiger partial charge in [-0.05, 0) is 79.0 Å². The monoisotopic (exact) mass is 503 g/mol. The van der Waals surface area contributed by atoms with Crippen molar-refractivity contribution in [1.82, 2.24) is 5.32 Å². The molecule has 0 unspecified atom stereocenters. The summed E-state index contributed by atoms with van der Waals surface area (Å²) in [7, 11) is -3.73. The number of ether oxygens (including phenoxy) is 1. The molecule has 0 aliphatic carbocycles. The maximum absolute atomic E-state index is 13.0. The maximum atomic E-state index is 13.0. The smallest absolute Gasteiger partial charge is 0.341 e. The van der Waals surface area contributed by atoms with Crippen molar-refractivity contribution in [3.63, 3.8) is 0 Å². The molecule has 0 aromatic heterocycles. The highest BCUT2D eigenvalue weighted by Crippen LogP contribution is 2.26. The molecule has 0 aliphatic heterocycles. The second kappa shape index (κ2) is 11.5. The molecule has 180 valence electrons. The Hall–Kier alpha value is -2.91. The number of aliphatic hydroxyl groups excluding tert-OH is 1. The summed E-state index contributed by atoms with van der Waals surface area (Å²) in [5.41, 5.74) is 2.23. The molecule has 0 saturated carbocycles. The van der Waals surface area contributed by atoms with Gasteiger partial charge in [0.05, 0.1) is 15.9 Å². The van der Waals surface area contributed by atoms with Crippen LogP contribution >= 0.6 is 11.6 Å². The highest BCUT2D eigenvalue weighted by Gasteiger charge is 2.19. The van der Waals surface area contributed by atoms with E-state index in [0.29, 0.717) is 35.8 Å². The third-order valence-corrected chi connectivity index (χ3v) is 7.21. The van der Waals surface area contributed by atoms with Crippen molar-refractivity contribution in [3.05, 3.63) is 88.4 Å². The fourth-order valence-electron chi connectivity index (χ4n) is 3.37. The molecule has 0 fully saturated rings. The van der Waals surface area contributed by atoms with Gasteiger partial charge < -0.3 is 20.3 Å². The molecule has 0 bridgehead atoms. The number of carbonyl (C=O) groups is 1. The molecule has 9 heteroatoms. The van der Waals surface area contributed by atoms with E-state index < -0.39 is 28.5 Å². The summed E-state index contributed by atoms with van der Waals surface area (Å²) in [5, 5.41) is 22.7. The standard InChI is InChI=1S/C25H26ClNO6S/c1-17-13-22(9-10-24(17)33-16-25(29)30)34(31,32)21-7-5-18(6-8-21)11-12-27-15-23(28)19-3-2-4-20(26)14-19/h2-10,13-14,23,27-28H,11-12,15-16H2,1H3,(H,29,30)/t23-/m1/s1. The molecular formula is C25H26ClNO6S. The van der Waals surface area contributed by atoms with E-state index in [1.807, 2.05) is 6.07 Å². The Morgan fingerprint density at radius 3 is 2.41 bits per heavy atom. The highest BCUT2D eigenvalue weighted by molar-refractivity contribution is 7.91. The number of carboxylic acid groups (broad SMARTS) is 1. The van der Waals surface area contributed by atoms with Gasteiger partial charge in [-0.15, -0.1) is 0 Å². The minimum atomic E-state index is -3.73. The van der Waals surface area contributed by atoms with Gasteiger partial charge >= 0.3 is 5.97 Å². The van der Waals surface area contributed by atoms with E-state index in [4.69, 9.17) is 21.4 Å². The van der Waals surface area contributed by atoms with Gasteiger partial charge in [0.15, 0.2) is 6.61 Å². The van der Waals surface area contributed by atoms with Crippen LogP contribution in [0.4, 0.5) is 0 Å². The molecule has 3 N–H and O–H groups in total. The van der Waals surface area contributed by atoms with Gasteiger partial charge in [0.2, 0.25) is 9.84 Å². The number of nitrogens with one attached hydrogen (secondary N) is 1. The molecular weight excluding hydrogens is 478 g/mol. The molecule has 0 amide bonds. The lowest BCUT2D eigenvalue weighted by atomic mass is 10.1. The van der Waals surface area contributed by atoms with E-state index in [1.54, 1.807) is 49.4 Å². The van der Waals surface area contributed by atoms with Crippen molar-refractivity contribution in [2.24, 2.45) is 0 Å². The maximum Gasteiger partial charge on any atom is 0.341 e. The van der Waals surface area contributed by atoms with Crippen molar-refractivity contribution >= 4 is 27.4 Å².